The second-order valence-electron chi connectivity index (χ2n) is 6.20. The van der Waals surface area contributed by atoms with E-state index in [-0.39, 0.29) is 0 Å². The molecule has 0 spiro atoms. The van der Waals surface area contributed by atoms with Crippen LogP contribution in [0.5, 0.6) is 0 Å². The van der Waals surface area contributed by atoms with Crippen molar-refractivity contribution in [3.05, 3.63) is 71.9 Å². The molecule has 7 nitrogen and oxygen atoms in total. The van der Waals surface area contributed by atoms with E-state index in [1.54, 1.807) is 30.6 Å². The van der Waals surface area contributed by atoms with Gasteiger partial charge in [-0.25, -0.2) is 9.78 Å². The fourth-order valence-electron chi connectivity index (χ4n) is 2.65. The van der Waals surface area contributed by atoms with E-state index in [0.29, 0.717) is 21.7 Å². The van der Waals surface area contributed by atoms with Crippen LogP contribution in [0.2, 0.25) is 0 Å². The van der Waals surface area contributed by atoms with Crippen LogP contribution in [0.3, 0.4) is 0 Å². The fraction of sp³-hybridized carbons (Fsp3) is 0.0952. The zero-order valence-corrected chi connectivity index (χ0v) is 16.2. The SMILES string of the molecule is C[C@@H](OC(=O)c1ccc2nccnc2c1)C(=O)Nc1nc(-c2ccccc2)cs1. The Morgan fingerprint density at radius 1 is 1.03 bits per heavy atom. The number of fused-ring (bicyclic) bond motifs is 1. The maximum absolute atomic E-state index is 12.4. The van der Waals surface area contributed by atoms with Crippen molar-refractivity contribution >= 4 is 39.4 Å². The molecule has 144 valence electrons. The highest BCUT2D eigenvalue weighted by atomic mass is 32.1. The van der Waals surface area contributed by atoms with Gasteiger partial charge in [-0.15, -0.1) is 11.3 Å². The minimum absolute atomic E-state index is 0.304. The Balaban J connectivity index is 1.40. The summed E-state index contributed by atoms with van der Waals surface area (Å²) in [5.41, 5.74) is 3.29. The van der Waals surface area contributed by atoms with Gasteiger partial charge in [-0.3, -0.25) is 20.1 Å². The van der Waals surface area contributed by atoms with Gasteiger partial charge in [-0.2, -0.15) is 0 Å². The molecule has 4 rings (SSSR count). The summed E-state index contributed by atoms with van der Waals surface area (Å²) in [5.74, 6) is -1.06. The number of amides is 1. The number of esters is 1. The normalized spacial score (nSPS) is 11.8. The molecule has 29 heavy (non-hydrogen) atoms. The summed E-state index contributed by atoms with van der Waals surface area (Å²) >= 11 is 1.31. The molecule has 2 heterocycles. The Bertz CT molecular complexity index is 1180. The average Bonchev–Trinajstić information content (AvgIpc) is 3.22. The highest BCUT2D eigenvalue weighted by Crippen LogP contribution is 2.24. The maximum Gasteiger partial charge on any atom is 0.338 e. The first-order valence-corrected chi connectivity index (χ1v) is 9.72. The van der Waals surface area contributed by atoms with Crippen molar-refractivity contribution in [1.29, 1.82) is 0 Å². The van der Waals surface area contributed by atoms with E-state index in [9.17, 15) is 9.59 Å². The number of nitrogens with one attached hydrogen (secondary N) is 1. The number of benzene rings is 2. The molecule has 1 atom stereocenters. The van der Waals surface area contributed by atoms with E-state index >= 15 is 0 Å². The third kappa shape index (κ3) is 4.27. The number of thiazole rings is 1. The largest absolute Gasteiger partial charge is 0.449 e. The van der Waals surface area contributed by atoms with Crippen LogP contribution in [0.25, 0.3) is 22.3 Å². The van der Waals surface area contributed by atoms with Gasteiger partial charge in [0.05, 0.1) is 22.3 Å². The lowest BCUT2D eigenvalue weighted by molar-refractivity contribution is -0.123. The van der Waals surface area contributed by atoms with Gasteiger partial charge < -0.3 is 4.74 Å². The minimum atomic E-state index is -0.982. The van der Waals surface area contributed by atoms with Gasteiger partial charge in [0.15, 0.2) is 11.2 Å². The van der Waals surface area contributed by atoms with Crippen molar-refractivity contribution in [1.82, 2.24) is 15.0 Å². The Hall–Kier alpha value is -3.65. The lowest BCUT2D eigenvalue weighted by atomic mass is 10.2. The molecule has 0 saturated heterocycles. The maximum atomic E-state index is 12.4. The van der Waals surface area contributed by atoms with E-state index in [2.05, 4.69) is 20.3 Å². The Labute approximate surface area is 170 Å². The van der Waals surface area contributed by atoms with Gasteiger partial charge in [0, 0.05) is 23.3 Å². The van der Waals surface area contributed by atoms with Crippen LogP contribution in [-0.4, -0.2) is 32.9 Å². The highest BCUT2D eigenvalue weighted by molar-refractivity contribution is 7.14. The molecule has 0 fully saturated rings. The molecule has 2 aromatic carbocycles. The summed E-state index contributed by atoms with van der Waals surface area (Å²) < 4.78 is 5.29. The van der Waals surface area contributed by atoms with Crippen molar-refractivity contribution < 1.29 is 14.3 Å². The van der Waals surface area contributed by atoms with Gasteiger partial charge in [-0.1, -0.05) is 30.3 Å². The Kier molecular flexibility index (Phi) is 5.26. The third-order valence-corrected chi connectivity index (χ3v) is 4.92. The summed E-state index contributed by atoms with van der Waals surface area (Å²) in [6.45, 7) is 1.51. The Morgan fingerprint density at radius 2 is 1.79 bits per heavy atom. The number of nitrogens with zero attached hydrogens (tertiary/aromatic N) is 3. The number of rotatable bonds is 5. The molecule has 0 aliphatic rings. The fourth-order valence-corrected chi connectivity index (χ4v) is 3.37. The van der Waals surface area contributed by atoms with Crippen LogP contribution in [0.15, 0.2) is 66.3 Å². The number of anilines is 1. The van der Waals surface area contributed by atoms with Crippen molar-refractivity contribution in [2.75, 3.05) is 5.32 Å². The third-order valence-electron chi connectivity index (χ3n) is 4.16. The topological polar surface area (TPSA) is 94.1 Å². The average molecular weight is 404 g/mol. The number of hydrogen-bond donors (Lipinski definition) is 1. The van der Waals surface area contributed by atoms with E-state index in [1.807, 2.05) is 35.7 Å². The van der Waals surface area contributed by atoms with Gasteiger partial charge in [-0.05, 0) is 25.1 Å². The molecule has 0 unspecified atom stereocenters. The molecule has 0 saturated carbocycles. The van der Waals surface area contributed by atoms with Gasteiger partial charge in [0.25, 0.3) is 5.91 Å². The smallest absolute Gasteiger partial charge is 0.338 e. The minimum Gasteiger partial charge on any atom is -0.449 e. The van der Waals surface area contributed by atoms with E-state index in [4.69, 9.17) is 4.74 Å². The van der Waals surface area contributed by atoms with Crippen LogP contribution < -0.4 is 5.32 Å². The van der Waals surface area contributed by atoms with Crippen LogP contribution in [0.1, 0.15) is 17.3 Å². The first-order chi connectivity index (χ1) is 14.1. The zero-order valence-electron chi connectivity index (χ0n) is 15.4. The number of ether oxygens (including phenoxy) is 1. The molecule has 2 aromatic heterocycles. The molecular formula is C21H16N4O3S. The Morgan fingerprint density at radius 3 is 2.59 bits per heavy atom. The van der Waals surface area contributed by atoms with Crippen molar-refractivity contribution in [3.8, 4) is 11.3 Å². The van der Waals surface area contributed by atoms with Crippen molar-refractivity contribution in [2.24, 2.45) is 0 Å². The molecule has 1 amide bonds. The molecule has 8 heteroatoms. The lowest BCUT2D eigenvalue weighted by Crippen LogP contribution is -2.30. The molecule has 4 aromatic rings. The standard InChI is InChI=1S/C21H16N4O3S/c1-13(28-20(27)15-7-8-16-17(11-15)23-10-9-22-16)19(26)25-21-24-18(12-29-21)14-5-3-2-4-6-14/h2-13H,1H3,(H,24,25,26)/t13-/m1/s1. The van der Waals surface area contributed by atoms with Gasteiger partial charge in [0.1, 0.15) is 0 Å². The summed E-state index contributed by atoms with van der Waals surface area (Å²) in [6.07, 6.45) is 2.14. The monoisotopic (exact) mass is 404 g/mol. The van der Waals surface area contributed by atoms with E-state index < -0.39 is 18.0 Å². The van der Waals surface area contributed by atoms with Crippen molar-refractivity contribution in [2.45, 2.75) is 13.0 Å². The molecule has 0 radical (unpaired) electrons. The van der Waals surface area contributed by atoms with E-state index in [0.717, 1.165) is 11.3 Å². The number of hydrogen-bond acceptors (Lipinski definition) is 7. The molecule has 0 bridgehead atoms. The second-order valence-corrected chi connectivity index (χ2v) is 7.06. The lowest BCUT2D eigenvalue weighted by Gasteiger charge is -2.12. The number of carbonyl (C=O) groups is 2. The first kappa shape index (κ1) is 18.7. The number of aromatic nitrogens is 3. The van der Waals surface area contributed by atoms with Crippen LogP contribution >= 0.6 is 11.3 Å². The predicted molar refractivity (Wildman–Crippen MR) is 111 cm³/mol. The summed E-state index contributed by atoms with van der Waals surface area (Å²) in [6, 6.07) is 14.5. The summed E-state index contributed by atoms with van der Waals surface area (Å²) in [7, 11) is 0. The highest BCUT2D eigenvalue weighted by Gasteiger charge is 2.20. The number of carbonyl (C=O) groups excluding carboxylic acids is 2. The van der Waals surface area contributed by atoms with E-state index in [1.165, 1.54) is 18.3 Å². The second kappa shape index (κ2) is 8.15. The van der Waals surface area contributed by atoms with Gasteiger partial charge >= 0.3 is 5.97 Å². The van der Waals surface area contributed by atoms with Crippen LogP contribution in [0, 0.1) is 0 Å². The quantitative estimate of drug-likeness (QED) is 0.507. The summed E-state index contributed by atoms with van der Waals surface area (Å²) in [5, 5.41) is 4.99. The first-order valence-electron chi connectivity index (χ1n) is 8.84. The van der Waals surface area contributed by atoms with Crippen LogP contribution in [0.4, 0.5) is 5.13 Å². The predicted octanol–water partition coefficient (Wildman–Crippen LogP) is 3.94. The van der Waals surface area contributed by atoms with Crippen molar-refractivity contribution in [3.63, 3.8) is 0 Å². The molecule has 0 aliphatic heterocycles. The molecular weight excluding hydrogens is 388 g/mol. The van der Waals surface area contributed by atoms with Crippen LogP contribution in [-0.2, 0) is 9.53 Å². The molecule has 1 N–H and O–H groups in total. The summed E-state index contributed by atoms with van der Waals surface area (Å²) in [4.78, 5) is 37.5. The molecule has 0 aliphatic carbocycles. The zero-order chi connectivity index (χ0) is 20.2. The van der Waals surface area contributed by atoms with Gasteiger partial charge in [0.2, 0.25) is 0 Å².